The van der Waals surface area contributed by atoms with Crippen molar-refractivity contribution in [2.45, 2.75) is 9.49 Å². The predicted octanol–water partition coefficient (Wildman–Crippen LogP) is 0.312. The monoisotopic (exact) mass is 218 g/mol. The summed E-state index contributed by atoms with van der Waals surface area (Å²) in [5.74, 6) is -0.513. The van der Waals surface area contributed by atoms with Crippen molar-refractivity contribution in [3.05, 3.63) is 24.3 Å². The molecule has 0 aromatic carbocycles. The van der Waals surface area contributed by atoms with Crippen molar-refractivity contribution in [3.8, 4) is 12.1 Å². The molecule has 0 aromatic rings. The molecule has 3 rings (SSSR count). The molecule has 2 unspecified atom stereocenters. The second-order valence-corrected chi connectivity index (χ2v) is 6.44. The topological polar surface area (TPSA) is 81.7 Å². The van der Waals surface area contributed by atoms with Crippen LogP contribution in [0.1, 0.15) is 0 Å². The Morgan fingerprint density at radius 3 is 2.00 bits per heavy atom. The minimum atomic E-state index is -3.75. The SMILES string of the molecule is N#CC12C=C[C@@H]3[C@H](C=C1)C3(C#N)S2(=O)=O. The smallest absolute Gasteiger partial charge is 0.196 e. The molecule has 1 saturated carbocycles. The van der Waals surface area contributed by atoms with Gasteiger partial charge in [0.05, 0.1) is 12.1 Å². The fraction of sp³-hybridized carbons (Fsp3) is 0.400. The molecule has 74 valence electrons. The summed E-state index contributed by atoms with van der Waals surface area (Å²) in [6.07, 6.45) is 6.20. The largest absolute Gasteiger partial charge is 0.225 e. The number of allylic oxidation sites excluding steroid dienone is 2. The van der Waals surface area contributed by atoms with Gasteiger partial charge in [-0.3, -0.25) is 0 Å². The summed E-state index contributed by atoms with van der Waals surface area (Å²) in [4.78, 5) is 0. The highest BCUT2D eigenvalue weighted by Gasteiger charge is 2.79. The highest BCUT2D eigenvalue weighted by Crippen LogP contribution is 2.65. The van der Waals surface area contributed by atoms with Crippen LogP contribution in [0.5, 0.6) is 0 Å². The number of nitrogens with zero attached hydrogens (tertiary/aromatic N) is 2. The average molecular weight is 218 g/mol. The maximum atomic E-state index is 12.2. The van der Waals surface area contributed by atoms with Crippen LogP contribution in [-0.4, -0.2) is 17.9 Å². The van der Waals surface area contributed by atoms with Gasteiger partial charge in [0.2, 0.25) is 0 Å². The quantitative estimate of drug-likeness (QED) is 0.548. The molecule has 1 aliphatic carbocycles. The number of sulfone groups is 1. The summed E-state index contributed by atoms with van der Waals surface area (Å²) < 4.78 is 21.4. The maximum Gasteiger partial charge on any atom is 0.196 e. The van der Waals surface area contributed by atoms with E-state index in [0.29, 0.717) is 0 Å². The van der Waals surface area contributed by atoms with Crippen molar-refractivity contribution in [1.29, 1.82) is 10.5 Å². The zero-order valence-electron chi connectivity index (χ0n) is 7.58. The highest BCUT2D eigenvalue weighted by molar-refractivity contribution is 7.95. The molecule has 2 heterocycles. The third kappa shape index (κ3) is 0.574. The second kappa shape index (κ2) is 2.00. The van der Waals surface area contributed by atoms with Gasteiger partial charge in [-0.25, -0.2) is 8.42 Å². The summed E-state index contributed by atoms with van der Waals surface area (Å²) in [5.41, 5.74) is 0. The van der Waals surface area contributed by atoms with Crippen LogP contribution >= 0.6 is 0 Å². The third-order valence-electron chi connectivity index (χ3n) is 3.61. The number of rotatable bonds is 0. The van der Waals surface area contributed by atoms with Crippen molar-refractivity contribution >= 4 is 9.84 Å². The van der Waals surface area contributed by atoms with E-state index in [4.69, 9.17) is 10.5 Å². The van der Waals surface area contributed by atoms with Gasteiger partial charge in [-0.2, -0.15) is 10.5 Å². The van der Waals surface area contributed by atoms with Crippen LogP contribution < -0.4 is 0 Å². The standard InChI is InChI=1S/C10H6N2O2S/c11-5-9-3-1-7-8(2-4-9)10(7,6-12)15(9,13)14/h1-4,7-8H/t7-,8+,9?,10?. The Balaban J connectivity index is 2.44. The van der Waals surface area contributed by atoms with Gasteiger partial charge in [0.15, 0.2) is 19.3 Å². The van der Waals surface area contributed by atoms with E-state index in [-0.39, 0.29) is 11.8 Å². The van der Waals surface area contributed by atoms with E-state index >= 15 is 0 Å². The fourth-order valence-electron chi connectivity index (χ4n) is 2.65. The van der Waals surface area contributed by atoms with E-state index in [2.05, 4.69) is 0 Å². The lowest BCUT2D eigenvalue weighted by Gasteiger charge is -2.27. The molecule has 3 aliphatic rings. The van der Waals surface area contributed by atoms with Crippen molar-refractivity contribution in [2.75, 3.05) is 0 Å². The van der Waals surface area contributed by atoms with Gasteiger partial charge in [-0.05, 0) is 12.2 Å². The first-order chi connectivity index (χ1) is 7.06. The van der Waals surface area contributed by atoms with E-state index in [1.165, 1.54) is 12.2 Å². The zero-order chi connectivity index (χ0) is 10.9. The van der Waals surface area contributed by atoms with Crippen LogP contribution in [0, 0.1) is 34.5 Å². The highest BCUT2D eigenvalue weighted by atomic mass is 32.2. The van der Waals surface area contributed by atoms with E-state index < -0.39 is 19.3 Å². The second-order valence-electron chi connectivity index (χ2n) is 4.08. The van der Waals surface area contributed by atoms with E-state index in [9.17, 15) is 8.42 Å². The summed E-state index contributed by atoms with van der Waals surface area (Å²) in [7, 11) is -3.75. The van der Waals surface area contributed by atoms with E-state index in [0.717, 1.165) is 0 Å². The lowest BCUT2D eigenvalue weighted by atomic mass is 10.1. The molecule has 0 saturated heterocycles. The number of hydrogen-bond donors (Lipinski definition) is 0. The lowest BCUT2D eigenvalue weighted by Crippen LogP contribution is -2.46. The van der Waals surface area contributed by atoms with Gasteiger partial charge in [-0.15, -0.1) is 0 Å². The molecule has 0 radical (unpaired) electrons. The maximum absolute atomic E-state index is 12.2. The normalized spacial score (nSPS) is 51.6. The Kier molecular flexibility index (Phi) is 1.16. The van der Waals surface area contributed by atoms with Gasteiger partial charge >= 0.3 is 0 Å². The van der Waals surface area contributed by atoms with E-state index in [1.807, 2.05) is 6.07 Å². The van der Waals surface area contributed by atoms with Crippen molar-refractivity contribution in [1.82, 2.24) is 0 Å². The summed E-state index contributed by atoms with van der Waals surface area (Å²) in [6.45, 7) is 0. The molecule has 2 aliphatic heterocycles. The zero-order valence-corrected chi connectivity index (χ0v) is 8.40. The Labute approximate surface area is 87.0 Å². The minimum Gasteiger partial charge on any atom is -0.225 e. The summed E-state index contributed by atoms with van der Waals surface area (Å²) >= 11 is 0. The molecule has 1 fully saturated rings. The molecule has 0 aromatic heterocycles. The van der Waals surface area contributed by atoms with Crippen molar-refractivity contribution in [3.63, 3.8) is 0 Å². The van der Waals surface area contributed by atoms with Crippen LogP contribution in [0.15, 0.2) is 24.3 Å². The molecule has 5 heteroatoms. The Morgan fingerprint density at radius 2 is 1.60 bits per heavy atom. The molecule has 2 bridgehead atoms. The molecule has 0 amide bonds. The minimum absolute atomic E-state index is 0.257. The number of hydrogen-bond acceptors (Lipinski definition) is 4. The molecule has 0 N–H and O–H groups in total. The molecule has 0 spiro atoms. The van der Waals surface area contributed by atoms with Crippen molar-refractivity contribution < 1.29 is 8.42 Å². The van der Waals surface area contributed by atoms with Crippen LogP contribution in [0.4, 0.5) is 0 Å². The average Bonchev–Trinajstić information content (AvgIpc) is 2.89. The molecule has 15 heavy (non-hydrogen) atoms. The van der Waals surface area contributed by atoms with Crippen LogP contribution in [0.2, 0.25) is 0 Å². The Hall–Kier alpha value is -1.59. The summed E-state index contributed by atoms with van der Waals surface area (Å²) in [5, 5.41) is 18.1. The van der Waals surface area contributed by atoms with Crippen LogP contribution in [-0.2, 0) is 9.84 Å². The molecule has 4 nitrogen and oxygen atoms in total. The van der Waals surface area contributed by atoms with Crippen LogP contribution in [0.3, 0.4) is 0 Å². The molecular weight excluding hydrogens is 212 g/mol. The van der Waals surface area contributed by atoms with Gasteiger partial charge in [-0.1, -0.05) is 12.2 Å². The first kappa shape index (κ1) is 8.70. The number of nitriles is 2. The molecule has 4 atom stereocenters. The third-order valence-corrected chi connectivity index (χ3v) is 6.39. The van der Waals surface area contributed by atoms with Crippen molar-refractivity contribution in [2.24, 2.45) is 11.8 Å². The Morgan fingerprint density at radius 1 is 1.07 bits per heavy atom. The van der Waals surface area contributed by atoms with Gasteiger partial charge in [0, 0.05) is 11.8 Å². The van der Waals surface area contributed by atoms with Gasteiger partial charge in [0.1, 0.15) is 0 Å². The van der Waals surface area contributed by atoms with Gasteiger partial charge < -0.3 is 0 Å². The molecular formula is C10H6N2O2S. The number of fused-ring (bicyclic) bond motifs is 2. The van der Waals surface area contributed by atoms with E-state index in [1.54, 1.807) is 18.2 Å². The fourth-order valence-corrected chi connectivity index (χ4v) is 5.07. The van der Waals surface area contributed by atoms with Gasteiger partial charge in [0.25, 0.3) is 0 Å². The summed E-state index contributed by atoms with van der Waals surface area (Å²) in [6, 6.07) is 3.69. The van der Waals surface area contributed by atoms with Crippen LogP contribution in [0.25, 0.3) is 0 Å². The predicted molar refractivity (Wildman–Crippen MR) is 50.9 cm³/mol. The first-order valence-electron chi connectivity index (χ1n) is 4.51. The lowest BCUT2D eigenvalue weighted by molar-refractivity contribution is 0.570. The first-order valence-corrected chi connectivity index (χ1v) is 5.99. The Bertz CT molecular complexity index is 580.